The van der Waals surface area contributed by atoms with Gasteiger partial charge in [0.25, 0.3) is 0 Å². The minimum atomic E-state index is -0.801. The van der Waals surface area contributed by atoms with Gasteiger partial charge in [-0.25, -0.2) is 0 Å². The summed E-state index contributed by atoms with van der Waals surface area (Å²) in [7, 11) is 0. The van der Waals surface area contributed by atoms with Crippen molar-refractivity contribution in [3.63, 3.8) is 0 Å². The third-order valence-corrected chi connectivity index (χ3v) is 14.0. The first-order chi connectivity index (χ1) is 41.0. The van der Waals surface area contributed by atoms with Gasteiger partial charge in [0.15, 0.2) is 6.10 Å². The summed E-state index contributed by atoms with van der Waals surface area (Å²) in [5, 5.41) is 0. The predicted molar refractivity (Wildman–Crippen MR) is 362 cm³/mol. The molecular formula is C77H124O6. The van der Waals surface area contributed by atoms with Gasteiger partial charge in [-0.05, 0) is 141 Å². The van der Waals surface area contributed by atoms with Gasteiger partial charge in [0.1, 0.15) is 13.2 Å². The van der Waals surface area contributed by atoms with E-state index in [2.05, 4.69) is 179 Å². The molecule has 0 N–H and O–H groups in total. The van der Waals surface area contributed by atoms with Crippen LogP contribution >= 0.6 is 0 Å². The van der Waals surface area contributed by atoms with E-state index in [4.69, 9.17) is 14.2 Å². The van der Waals surface area contributed by atoms with Crippen molar-refractivity contribution < 1.29 is 28.6 Å². The monoisotopic (exact) mass is 1140 g/mol. The molecule has 6 heteroatoms. The molecule has 468 valence electrons. The Labute approximate surface area is 511 Å². The van der Waals surface area contributed by atoms with Gasteiger partial charge in [-0.3, -0.25) is 14.4 Å². The number of esters is 3. The minimum Gasteiger partial charge on any atom is -0.462 e. The minimum absolute atomic E-state index is 0.0953. The molecule has 0 bridgehead atoms. The molecule has 0 amide bonds. The van der Waals surface area contributed by atoms with Crippen molar-refractivity contribution in [2.75, 3.05) is 13.2 Å². The van der Waals surface area contributed by atoms with E-state index in [0.717, 1.165) is 167 Å². The molecule has 0 fully saturated rings. The summed E-state index contributed by atoms with van der Waals surface area (Å²) in [6.07, 6.45) is 101. The Morgan fingerprint density at radius 1 is 0.241 bits per heavy atom. The van der Waals surface area contributed by atoms with Crippen LogP contribution < -0.4 is 0 Å². The van der Waals surface area contributed by atoms with Gasteiger partial charge < -0.3 is 14.2 Å². The Balaban J connectivity index is 4.40. The first-order valence-electron chi connectivity index (χ1n) is 34.0. The molecule has 0 saturated heterocycles. The molecule has 0 aromatic heterocycles. The van der Waals surface area contributed by atoms with Crippen LogP contribution in [0.15, 0.2) is 158 Å². The average Bonchev–Trinajstić information content (AvgIpc) is 3.49. The van der Waals surface area contributed by atoms with Gasteiger partial charge >= 0.3 is 17.9 Å². The van der Waals surface area contributed by atoms with Crippen LogP contribution in [0.25, 0.3) is 0 Å². The summed E-state index contributed by atoms with van der Waals surface area (Å²) in [6, 6.07) is 0. The van der Waals surface area contributed by atoms with E-state index >= 15 is 0 Å². The first kappa shape index (κ1) is 78.0. The van der Waals surface area contributed by atoms with Crippen LogP contribution in [0.2, 0.25) is 0 Å². The lowest BCUT2D eigenvalue weighted by molar-refractivity contribution is -0.167. The van der Waals surface area contributed by atoms with Crippen LogP contribution in [0.1, 0.15) is 290 Å². The zero-order valence-corrected chi connectivity index (χ0v) is 53.7. The van der Waals surface area contributed by atoms with Crippen LogP contribution in [0.5, 0.6) is 0 Å². The molecule has 0 aromatic carbocycles. The molecule has 1 atom stereocenters. The standard InChI is InChI=1S/C77H124O6/c1-4-7-10-13-16-19-22-25-28-30-32-34-36-37-38-39-41-42-44-46-49-52-55-58-61-64-67-70-76(79)82-73-74(72-81-75(78)69-66-63-60-57-54-51-48-27-24-21-18-15-12-9-6-3)83-77(80)71-68-65-62-59-56-53-50-47-45-43-40-35-33-31-29-26-23-20-17-14-11-8-5-2/h7-12,16-21,25-29,32-35,37-38,41-42,48,74H,4-6,13-15,22-24,30-31,36,39-40,43-47,49-73H2,1-3H3/b10-7-,11-8-,12-9-,19-16-,20-17-,21-18-,28-25-,29-26-,34-32-,35-33-,38-37-,42-41-,48-27-. The van der Waals surface area contributed by atoms with Gasteiger partial charge in [0.2, 0.25) is 0 Å². The van der Waals surface area contributed by atoms with Crippen molar-refractivity contribution >= 4 is 17.9 Å². The number of ether oxygens (including phenoxy) is 3. The van der Waals surface area contributed by atoms with Crippen molar-refractivity contribution in [2.24, 2.45) is 0 Å². The van der Waals surface area contributed by atoms with Gasteiger partial charge in [0.05, 0.1) is 0 Å². The highest BCUT2D eigenvalue weighted by atomic mass is 16.6. The number of hydrogen-bond acceptors (Lipinski definition) is 6. The maximum Gasteiger partial charge on any atom is 0.306 e. The maximum absolute atomic E-state index is 13.0. The molecule has 0 saturated carbocycles. The van der Waals surface area contributed by atoms with Crippen LogP contribution in [0.3, 0.4) is 0 Å². The molecule has 83 heavy (non-hydrogen) atoms. The van der Waals surface area contributed by atoms with Crippen molar-refractivity contribution in [1.82, 2.24) is 0 Å². The fourth-order valence-electron chi connectivity index (χ4n) is 9.04. The van der Waals surface area contributed by atoms with E-state index in [1.165, 1.54) is 83.5 Å². The fourth-order valence-corrected chi connectivity index (χ4v) is 9.04. The third-order valence-electron chi connectivity index (χ3n) is 14.0. The number of carbonyl (C=O) groups is 3. The molecule has 1 unspecified atom stereocenters. The molecule has 0 spiro atoms. The van der Waals surface area contributed by atoms with E-state index in [1.807, 2.05) is 0 Å². The predicted octanol–water partition coefficient (Wildman–Crippen LogP) is 23.7. The molecular weight excluding hydrogens is 1020 g/mol. The molecule has 0 rings (SSSR count). The van der Waals surface area contributed by atoms with Crippen molar-refractivity contribution in [3.05, 3.63) is 158 Å². The molecule has 0 aliphatic carbocycles. The largest absolute Gasteiger partial charge is 0.462 e. The summed E-state index contributed by atoms with van der Waals surface area (Å²) in [6.45, 7) is 6.29. The first-order valence-corrected chi connectivity index (χ1v) is 34.0. The van der Waals surface area contributed by atoms with Crippen LogP contribution in [-0.4, -0.2) is 37.2 Å². The van der Waals surface area contributed by atoms with Crippen molar-refractivity contribution in [3.8, 4) is 0 Å². The molecule has 0 aromatic rings. The summed E-state index contributed by atoms with van der Waals surface area (Å²) in [5.74, 6) is -0.922. The lowest BCUT2D eigenvalue weighted by Crippen LogP contribution is -2.30. The number of rotatable bonds is 60. The average molecular weight is 1150 g/mol. The Morgan fingerprint density at radius 2 is 0.434 bits per heavy atom. The topological polar surface area (TPSA) is 78.9 Å². The highest BCUT2D eigenvalue weighted by Crippen LogP contribution is 2.16. The van der Waals surface area contributed by atoms with Crippen molar-refractivity contribution in [2.45, 2.75) is 297 Å². The third kappa shape index (κ3) is 67.7. The number of carbonyl (C=O) groups excluding carboxylic acids is 3. The lowest BCUT2D eigenvalue weighted by Gasteiger charge is -2.18. The lowest BCUT2D eigenvalue weighted by atomic mass is 10.0. The van der Waals surface area contributed by atoms with Gasteiger partial charge in [-0.15, -0.1) is 0 Å². The molecule has 0 aliphatic heterocycles. The van der Waals surface area contributed by atoms with Gasteiger partial charge in [-0.2, -0.15) is 0 Å². The summed E-state index contributed by atoms with van der Waals surface area (Å²) >= 11 is 0. The zero-order valence-electron chi connectivity index (χ0n) is 53.7. The van der Waals surface area contributed by atoms with E-state index in [9.17, 15) is 14.4 Å². The Hall–Kier alpha value is -4.97. The van der Waals surface area contributed by atoms with E-state index < -0.39 is 6.10 Å². The molecule has 6 nitrogen and oxygen atoms in total. The molecule has 0 heterocycles. The number of allylic oxidation sites excluding steroid dienone is 26. The van der Waals surface area contributed by atoms with Crippen LogP contribution in [0, 0.1) is 0 Å². The Kier molecular flexibility index (Phi) is 65.4. The van der Waals surface area contributed by atoms with Gasteiger partial charge in [0, 0.05) is 19.3 Å². The SMILES string of the molecule is CC/C=C\C/C=C\C/C=C\C/C=C\C/C=C\C/C=C\CCCCCCCCCCC(=O)OCC(COC(=O)CCCCCCC/C=C\C/C=C\C/C=C\CC)OC(=O)CCCCCCCCCCCC/C=C\C/C=C\C/C=C\C/C=C\CC. The highest BCUT2D eigenvalue weighted by molar-refractivity contribution is 5.71. The van der Waals surface area contributed by atoms with Gasteiger partial charge in [-0.1, -0.05) is 288 Å². The summed E-state index contributed by atoms with van der Waals surface area (Å²) < 4.78 is 17.0. The molecule has 0 aliphatic rings. The number of hydrogen-bond donors (Lipinski definition) is 0. The normalized spacial score (nSPS) is 13.1. The molecule has 0 radical (unpaired) electrons. The summed E-state index contributed by atoms with van der Waals surface area (Å²) in [4.78, 5) is 38.4. The fraction of sp³-hybridized carbons (Fsp3) is 0.623. The summed E-state index contributed by atoms with van der Waals surface area (Å²) in [5.41, 5.74) is 0. The second-order valence-corrected chi connectivity index (χ2v) is 21.9. The smallest absolute Gasteiger partial charge is 0.306 e. The Bertz CT molecular complexity index is 1840. The maximum atomic E-state index is 13.0. The van der Waals surface area contributed by atoms with Crippen LogP contribution in [0.4, 0.5) is 0 Å². The second-order valence-electron chi connectivity index (χ2n) is 21.9. The zero-order chi connectivity index (χ0) is 59.9. The number of unbranched alkanes of at least 4 members (excludes halogenated alkanes) is 23. The van der Waals surface area contributed by atoms with E-state index in [1.54, 1.807) is 0 Å². The van der Waals surface area contributed by atoms with E-state index in [0.29, 0.717) is 19.3 Å². The van der Waals surface area contributed by atoms with Crippen molar-refractivity contribution in [1.29, 1.82) is 0 Å². The van der Waals surface area contributed by atoms with E-state index in [-0.39, 0.29) is 31.1 Å². The quantitative estimate of drug-likeness (QED) is 0.0261. The highest BCUT2D eigenvalue weighted by Gasteiger charge is 2.19. The Morgan fingerprint density at radius 3 is 0.675 bits per heavy atom. The van der Waals surface area contributed by atoms with Crippen LogP contribution in [-0.2, 0) is 28.6 Å². The second kappa shape index (κ2) is 69.5.